The van der Waals surface area contributed by atoms with E-state index in [-0.39, 0.29) is 12.1 Å². The first-order valence-electron chi connectivity index (χ1n) is 7.56. The first kappa shape index (κ1) is 14.6. The van der Waals surface area contributed by atoms with Crippen LogP contribution in [0.1, 0.15) is 53.4 Å². The van der Waals surface area contributed by atoms with E-state index in [9.17, 15) is 4.79 Å². The van der Waals surface area contributed by atoms with Crippen LogP contribution < -0.4 is 10.6 Å². The molecule has 0 aromatic carbocycles. The quantitative estimate of drug-likeness (QED) is 0.824. The van der Waals surface area contributed by atoms with Crippen molar-refractivity contribution in [2.45, 2.75) is 71.1 Å². The SMILES string of the molecule is CC(CNC1CC2CCC1C2)NC(=O)OC(C)(C)C. The molecule has 2 aliphatic rings. The zero-order chi connectivity index (χ0) is 14.0. The van der Waals surface area contributed by atoms with E-state index in [1.54, 1.807) is 0 Å². The molecule has 2 bridgehead atoms. The molecule has 4 heteroatoms. The summed E-state index contributed by atoms with van der Waals surface area (Å²) in [4.78, 5) is 11.6. The Balaban J connectivity index is 1.64. The third kappa shape index (κ3) is 4.37. The summed E-state index contributed by atoms with van der Waals surface area (Å²) in [5, 5.41) is 6.49. The van der Waals surface area contributed by atoms with E-state index in [1.165, 1.54) is 25.7 Å². The van der Waals surface area contributed by atoms with Crippen molar-refractivity contribution in [2.24, 2.45) is 11.8 Å². The number of hydrogen-bond acceptors (Lipinski definition) is 3. The Morgan fingerprint density at radius 2 is 2.05 bits per heavy atom. The predicted molar refractivity (Wildman–Crippen MR) is 76.1 cm³/mol. The van der Waals surface area contributed by atoms with Crippen LogP contribution in [-0.4, -0.2) is 30.3 Å². The highest BCUT2D eigenvalue weighted by atomic mass is 16.6. The number of rotatable bonds is 4. The van der Waals surface area contributed by atoms with Gasteiger partial charge in [-0.05, 0) is 58.8 Å². The van der Waals surface area contributed by atoms with E-state index < -0.39 is 5.60 Å². The molecule has 2 rings (SSSR count). The summed E-state index contributed by atoms with van der Waals surface area (Å²) in [6.45, 7) is 8.48. The van der Waals surface area contributed by atoms with Crippen molar-refractivity contribution in [1.29, 1.82) is 0 Å². The van der Waals surface area contributed by atoms with Crippen LogP contribution >= 0.6 is 0 Å². The molecule has 0 aliphatic heterocycles. The van der Waals surface area contributed by atoms with E-state index in [1.807, 2.05) is 27.7 Å². The van der Waals surface area contributed by atoms with Gasteiger partial charge < -0.3 is 15.4 Å². The van der Waals surface area contributed by atoms with Gasteiger partial charge in [-0.2, -0.15) is 0 Å². The van der Waals surface area contributed by atoms with Gasteiger partial charge in [0, 0.05) is 18.6 Å². The summed E-state index contributed by atoms with van der Waals surface area (Å²) in [7, 11) is 0. The third-order valence-corrected chi connectivity index (χ3v) is 4.19. The number of nitrogens with one attached hydrogen (secondary N) is 2. The number of alkyl carbamates (subject to hydrolysis) is 1. The largest absolute Gasteiger partial charge is 0.444 e. The molecule has 0 heterocycles. The number of carbonyl (C=O) groups excluding carboxylic acids is 1. The first-order chi connectivity index (χ1) is 8.83. The van der Waals surface area contributed by atoms with Crippen molar-refractivity contribution in [3.05, 3.63) is 0 Å². The van der Waals surface area contributed by atoms with Gasteiger partial charge >= 0.3 is 6.09 Å². The first-order valence-corrected chi connectivity index (χ1v) is 7.56. The minimum atomic E-state index is -0.429. The standard InChI is InChI=1S/C15H28N2O2/c1-10(17-14(18)19-15(2,3)4)9-16-13-8-11-5-6-12(13)7-11/h10-13,16H,5-9H2,1-4H3,(H,17,18). The summed E-state index contributed by atoms with van der Waals surface area (Å²) in [5.41, 5.74) is -0.429. The minimum Gasteiger partial charge on any atom is -0.444 e. The molecule has 4 nitrogen and oxygen atoms in total. The van der Waals surface area contributed by atoms with Gasteiger partial charge in [-0.15, -0.1) is 0 Å². The average Bonchev–Trinajstić information content (AvgIpc) is 2.84. The summed E-state index contributed by atoms with van der Waals surface area (Å²) in [5.74, 6) is 1.83. The Hall–Kier alpha value is -0.770. The summed E-state index contributed by atoms with van der Waals surface area (Å²) in [6, 6.07) is 0.774. The fourth-order valence-corrected chi connectivity index (χ4v) is 3.38. The van der Waals surface area contributed by atoms with Gasteiger partial charge in [0.1, 0.15) is 5.60 Å². The van der Waals surface area contributed by atoms with Crippen molar-refractivity contribution in [3.8, 4) is 0 Å². The maximum Gasteiger partial charge on any atom is 0.407 e. The summed E-state index contributed by atoms with van der Waals surface area (Å²) >= 11 is 0. The second-order valence-corrected chi connectivity index (χ2v) is 7.24. The Labute approximate surface area is 116 Å². The maximum atomic E-state index is 11.6. The minimum absolute atomic E-state index is 0.106. The van der Waals surface area contributed by atoms with Gasteiger partial charge in [0.2, 0.25) is 0 Å². The number of fused-ring (bicyclic) bond motifs is 2. The van der Waals surface area contributed by atoms with Crippen LogP contribution in [-0.2, 0) is 4.74 Å². The van der Waals surface area contributed by atoms with Crippen molar-refractivity contribution in [3.63, 3.8) is 0 Å². The van der Waals surface area contributed by atoms with Gasteiger partial charge in [-0.3, -0.25) is 0 Å². The molecular weight excluding hydrogens is 240 g/mol. The lowest BCUT2D eigenvalue weighted by Crippen LogP contribution is -2.46. The monoisotopic (exact) mass is 268 g/mol. The zero-order valence-corrected chi connectivity index (χ0v) is 12.7. The van der Waals surface area contributed by atoms with Gasteiger partial charge in [-0.1, -0.05) is 6.42 Å². The topological polar surface area (TPSA) is 50.4 Å². The number of hydrogen-bond donors (Lipinski definition) is 2. The van der Waals surface area contributed by atoms with Crippen LogP contribution in [0.4, 0.5) is 4.79 Å². The smallest absolute Gasteiger partial charge is 0.407 e. The normalized spacial score (nSPS) is 31.3. The van der Waals surface area contributed by atoms with Gasteiger partial charge in [0.25, 0.3) is 0 Å². The summed E-state index contributed by atoms with van der Waals surface area (Å²) in [6.07, 6.45) is 5.22. The van der Waals surface area contributed by atoms with Crippen LogP contribution in [0.25, 0.3) is 0 Å². The highest BCUT2D eigenvalue weighted by Gasteiger charge is 2.39. The number of ether oxygens (including phenoxy) is 1. The third-order valence-electron chi connectivity index (χ3n) is 4.19. The molecule has 2 saturated carbocycles. The molecule has 0 aromatic heterocycles. The van der Waals surface area contributed by atoms with Crippen LogP contribution in [0.3, 0.4) is 0 Å². The second-order valence-electron chi connectivity index (χ2n) is 7.24. The molecule has 0 spiro atoms. The molecular formula is C15H28N2O2. The maximum absolute atomic E-state index is 11.6. The molecule has 1 amide bonds. The molecule has 0 aromatic rings. The van der Waals surface area contributed by atoms with Crippen molar-refractivity contribution in [2.75, 3.05) is 6.54 Å². The fraction of sp³-hybridized carbons (Fsp3) is 0.933. The van der Waals surface area contributed by atoms with Crippen LogP contribution in [0.5, 0.6) is 0 Å². The highest BCUT2D eigenvalue weighted by molar-refractivity contribution is 5.68. The van der Waals surface area contributed by atoms with E-state index in [0.29, 0.717) is 6.04 Å². The van der Waals surface area contributed by atoms with E-state index in [0.717, 1.165) is 18.4 Å². The lowest BCUT2D eigenvalue weighted by Gasteiger charge is -2.26. The van der Waals surface area contributed by atoms with Crippen LogP contribution in [0.15, 0.2) is 0 Å². The Morgan fingerprint density at radius 3 is 2.58 bits per heavy atom. The van der Waals surface area contributed by atoms with Crippen molar-refractivity contribution >= 4 is 6.09 Å². The Morgan fingerprint density at radius 1 is 1.32 bits per heavy atom. The van der Waals surface area contributed by atoms with Crippen LogP contribution in [0, 0.1) is 11.8 Å². The molecule has 110 valence electrons. The van der Waals surface area contributed by atoms with Gasteiger partial charge in [0.15, 0.2) is 0 Å². The number of amides is 1. The van der Waals surface area contributed by atoms with E-state index in [4.69, 9.17) is 4.74 Å². The Kier molecular flexibility index (Phi) is 4.39. The molecule has 2 fully saturated rings. The highest BCUT2D eigenvalue weighted by Crippen LogP contribution is 2.44. The number of carbonyl (C=O) groups is 1. The molecule has 4 atom stereocenters. The van der Waals surface area contributed by atoms with E-state index in [2.05, 4.69) is 10.6 Å². The molecule has 2 N–H and O–H groups in total. The van der Waals surface area contributed by atoms with Crippen molar-refractivity contribution in [1.82, 2.24) is 10.6 Å². The van der Waals surface area contributed by atoms with E-state index >= 15 is 0 Å². The molecule has 2 aliphatic carbocycles. The fourth-order valence-electron chi connectivity index (χ4n) is 3.38. The molecule has 19 heavy (non-hydrogen) atoms. The van der Waals surface area contributed by atoms with Gasteiger partial charge in [0.05, 0.1) is 0 Å². The summed E-state index contributed by atoms with van der Waals surface area (Å²) < 4.78 is 5.25. The second kappa shape index (κ2) is 5.70. The molecule has 0 radical (unpaired) electrons. The average molecular weight is 268 g/mol. The zero-order valence-electron chi connectivity index (χ0n) is 12.7. The van der Waals surface area contributed by atoms with Gasteiger partial charge in [-0.25, -0.2) is 4.79 Å². The predicted octanol–water partition coefficient (Wildman–Crippen LogP) is 2.68. The lowest BCUT2D eigenvalue weighted by molar-refractivity contribution is 0.0507. The lowest BCUT2D eigenvalue weighted by atomic mass is 9.95. The van der Waals surface area contributed by atoms with Crippen LogP contribution in [0.2, 0.25) is 0 Å². The molecule has 4 unspecified atom stereocenters. The molecule has 0 saturated heterocycles. The van der Waals surface area contributed by atoms with Crippen molar-refractivity contribution < 1.29 is 9.53 Å². The Bertz CT molecular complexity index is 325.